The summed E-state index contributed by atoms with van der Waals surface area (Å²) in [6.07, 6.45) is 7.91. The molecule has 7 heteroatoms. The van der Waals surface area contributed by atoms with Crippen molar-refractivity contribution in [3.63, 3.8) is 0 Å². The third-order valence-corrected chi connectivity index (χ3v) is 4.89. The Morgan fingerprint density at radius 3 is 3.16 bits per heavy atom. The van der Waals surface area contributed by atoms with Crippen molar-refractivity contribution in [3.8, 4) is 0 Å². The molecule has 3 atom stereocenters. The molecule has 2 aliphatic heterocycles. The number of ether oxygens (including phenoxy) is 2. The Balaban J connectivity index is 1.36. The second-order valence-corrected chi connectivity index (χ2v) is 6.51. The van der Waals surface area contributed by atoms with E-state index in [9.17, 15) is 4.79 Å². The van der Waals surface area contributed by atoms with Crippen molar-refractivity contribution in [1.82, 2.24) is 14.7 Å². The average molecular weight is 345 g/mol. The van der Waals surface area contributed by atoms with E-state index in [1.807, 2.05) is 21.8 Å². The van der Waals surface area contributed by atoms with Gasteiger partial charge in [0, 0.05) is 32.2 Å². The quantitative estimate of drug-likeness (QED) is 0.749. The van der Waals surface area contributed by atoms with Gasteiger partial charge in [0.05, 0.1) is 18.8 Å². The van der Waals surface area contributed by atoms with Gasteiger partial charge in [-0.3, -0.25) is 9.48 Å². The first-order valence-corrected chi connectivity index (χ1v) is 8.88. The van der Waals surface area contributed by atoms with Crippen molar-refractivity contribution in [2.75, 3.05) is 19.8 Å². The van der Waals surface area contributed by atoms with Crippen LogP contribution in [0, 0.1) is 0 Å². The SMILES string of the molecule is O=C(c1ccco1)N1C[C@@H](OCCCn2cccn2)[C@@H]2OCCC[C@@H]21. The van der Waals surface area contributed by atoms with Crippen LogP contribution in [0.4, 0.5) is 0 Å². The molecule has 7 nitrogen and oxygen atoms in total. The number of hydrogen-bond donors (Lipinski definition) is 0. The zero-order valence-electron chi connectivity index (χ0n) is 14.1. The molecule has 0 unspecified atom stereocenters. The second-order valence-electron chi connectivity index (χ2n) is 6.51. The predicted octanol–water partition coefficient (Wildman–Crippen LogP) is 1.95. The number of fused-ring (bicyclic) bond motifs is 1. The summed E-state index contributed by atoms with van der Waals surface area (Å²) in [4.78, 5) is 14.6. The van der Waals surface area contributed by atoms with Crippen LogP contribution in [0.15, 0.2) is 41.3 Å². The van der Waals surface area contributed by atoms with Crippen molar-refractivity contribution < 1.29 is 18.7 Å². The number of hydrogen-bond acceptors (Lipinski definition) is 5. The maximum atomic E-state index is 12.7. The van der Waals surface area contributed by atoms with Crippen molar-refractivity contribution >= 4 is 5.91 Å². The molecule has 0 aliphatic carbocycles. The molecule has 0 aromatic carbocycles. The Hall–Kier alpha value is -2.12. The number of aromatic nitrogens is 2. The fourth-order valence-corrected chi connectivity index (χ4v) is 3.73. The number of aryl methyl sites for hydroxylation is 1. The zero-order chi connectivity index (χ0) is 17.1. The van der Waals surface area contributed by atoms with Crippen molar-refractivity contribution in [1.29, 1.82) is 0 Å². The molecule has 0 bridgehead atoms. The van der Waals surface area contributed by atoms with Gasteiger partial charge in [-0.15, -0.1) is 0 Å². The van der Waals surface area contributed by atoms with E-state index in [2.05, 4.69) is 5.10 Å². The van der Waals surface area contributed by atoms with E-state index in [1.54, 1.807) is 18.3 Å². The van der Waals surface area contributed by atoms with E-state index in [0.29, 0.717) is 18.9 Å². The smallest absolute Gasteiger partial charge is 0.289 e. The summed E-state index contributed by atoms with van der Waals surface area (Å²) in [7, 11) is 0. The molecular weight excluding hydrogens is 322 g/mol. The lowest BCUT2D eigenvalue weighted by Crippen LogP contribution is -2.43. The van der Waals surface area contributed by atoms with Gasteiger partial charge in [-0.05, 0) is 37.5 Å². The third kappa shape index (κ3) is 3.48. The molecule has 134 valence electrons. The van der Waals surface area contributed by atoms with Gasteiger partial charge in [0.15, 0.2) is 5.76 Å². The highest BCUT2D eigenvalue weighted by atomic mass is 16.5. The minimum atomic E-state index is -0.0816. The number of nitrogens with zero attached hydrogens (tertiary/aromatic N) is 3. The normalized spacial score (nSPS) is 25.9. The Kier molecular flexibility index (Phi) is 4.85. The maximum absolute atomic E-state index is 12.7. The minimum Gasteiger partial charge on any atom is -0.459 e. The Morgan fingerprint density at radius 2 is 2.36 bits per heavy atom. The third-order valence-electron chi connectivity index (χ3n) is 4.89. The molecule has 0 N–H and O–H groups in total. The Labute approximate surface area is 146 Å². The molecule has 2 aromatic rings. The summed E-state index contributed by atoms with van der Waals surface area (Å²) in [5.41, 5.74) is 0. The van der Waals surface area contributed by atoms with Crippen molar-refractivity contribution in [2.24, 2.45) is 0 Å². The van der Waals surface area contributed by atoms with Crippen LogP contribution in [0.3, 0.4) is 0 Å². The standard InChI is InChI=1S/C18H23N3O4/c22-18(15-6-2-10-23-15)21-13-16(17-14(21)5-1-11-25-17)24-12-4-9-20-8-3-7-19-20/h2-3,6-8,10,14,16-17H,1,4-5,9,11-13H2/t14-,16+,17+/m0/s1. The van der Waals surface area contributed by atoms with Crippen LogP contribution < -0.4 is 0 Å². The highest BCUT2D eigenvalue weighted by Crippen LogP contribution is 2.32. The number of rotatable bonds is 6. The predicted molar refractivity (Wildman–Crippen MR) is 89.1 cm³/mol. The largest absolute Gasteiger partial charge is 0.459 e. The number of likely N-dealkylation sites (tertiary alicyclic amines) is 1. The molecule has 1 amide bonds. The number of carbonyl (C=O) groups excluding carboxylic acids is 1. The Morgan fingerprint density at radius 1 is 1.40 bits per heavy atom. The van der Waals surface area contributed by atoms with Gasteiger partial charge in [-0.25, -0.2) is 0 Å². The molecule has 2 fully saturated rings. The molecule has 25 heavy (non-hydrogen) atoms. The molecule has 0 radical (unpaired) electrons. The zero-order valence-corrected chi connectivity index (χ0v) is 14.1. The molecule has 4 heterocycles. The second kappa shape index (κ2) is 7.41. The fraction of sp³-hybridized carbons (Fsp3) is 0.556. The fourth-order valence-electron chi connectivity index (χ4n) is 3.73. The summed E-state index contributed by atoms with van der Waals surface area (Å²) < 4.78 is 19.2. The molecular formula is C18H23N3O4. The van der Waals surface area contributed by atoms with Crippen LogP contribution >= 0.6 is 0 Å². The highest BCUT2D eigenvalue weighted by Gasteiger charge is 2.47. The van der Waals surface area contributed by atoms with Crippen molar-refractivity contribution in [3.05, 3.63) is 42.6 Å². The Bertz CT molecular complexity index is 671. The van der Waals surface area contributed by atoms with Gasteiger partial charge in [0.1, 0.15) is 12.2 Å². The van der Waals surface area contributed by atoms with E-state index >= 15 is 0 Å². The van der Waals surface area contributed by atoms with E-state index in [4.69, 9.17) is 13.9 Å². The lowest BCUT2D eigenvalue weighted by Gasteiger charge is -2.31. The maximum Gasteiger partial charge on any atom is 0.289 e. The summed E-state index contributed by atoms with van der Waals surface area (Å²) in [5, 5.41) is 4.19. The highest BCUT2D eigenvalue weighted by molar-refractivity contribution is 5.92. The van der Waals surface area contributed by atoms with Crippen LogP contribution in [0.25, 0.3) is 0 Å². The first-order valence-electron chi connectivity index (χ1n) is 8.88. The molecule has 0 spiro atoms. The summed E-state index contributed by atoms with van der Waals surface area (Å²) in [6.45, 7) is 2.73. The van der Waals surface area contributed by atoms with Gasteiger partial charge in [-0.2, -0.15) is 5.10 Å². The van der Waals surface area contributed by atoms with E-state index in [1.165, 1.54) is 6.26 Å². The van der Waals surface area contributed by atoms with Crippen LogP contribution in [0.5, 0.6) is 0 Å². The lowest BCUT2D eigenvalue weighted by atomic mass is 10.0. The van der Waals surface area contributed by atoms with Gasteiger partial charge < -0.3 is 18.8 Å². The van der Waals surface area contributed by atoms with Gasteiger partial charge >= 0.3 is 0 Å². The van der Waals surface area contributed by atoms with Gasteiger partial charge in [0.2, 0.25) is 0 Å². The average Bonchev–Trinajstić information content (AvgIpc) is 3.39. The van der Waals surface area contributed by atoms with E-state index in [0.717, 1.165) is 32.4 Å². The van der Waals surface area contributed by atoms with Gasteiger partial charge in [0.25, 0.3) is 5.91 Å². The van der Waals surface area contributed by atoms with Crippen molar-refractivity contribution in [2.45, 2.75) is 44.1 Å². The van der Waals surface area contributed by atoms with Crippen LogP contribution in [0.2, 0.25) is 0 Å². The van der Waals surface area contributed by atoms with Crippen LogP contribution in [0.1, 0.15) is 29.8 Å². The number of carbonyl (C=O) groups is 1. The molecule has 2 aromatic heterocycles. The molecule has 4 rings (SSSR count). The molecule has 2 aliphatic rings. The monoisotopic (exact) mass is 345 g/mol. The molecule has 0 saturated carbocycles. The summed E-state index contributed by atoms with van der Waals surface area (Å²) in [6, 6.07) is 5.43. The topological polar surface area (TPSA) is 69.7 Å². The summed E-state index contributed by atoms with van der Waals surface area (Å²) >= 11 is 0. The first kappa shape index (κ1) is 16.4. The molecule has 2 saturated heterocycles. The van der Waals surface area contributed by atoms with Crippen LogP contribution in [-0.2, 0) is 16.0 Å². The van der Waals surface area contributed by atoms with E-state index < -0.39 is 0 Å². The van der Waals surface area contributed by atoms with Crippen LogP contribution in [-0.4, -0.2) is 58.6 Å². The number of furan rings is 1. The minimum absolute atomic E-state index is 0.0441. The van der Waals surface area contributed by atoms with E-state index in [-0.39, 0.29) is 24.2 Å². The lowest BCUT2D eigenvalue weighted by molar-refractivity contribution is -0.0770. The summed E-state index contributed by atoms with van der Waals surface area (Å²) in [5.74, 6) is 0.303. The van der Waals surface area contributed by atoms with Gasteiger partial charge in [-0.1, -0.05) is 0 Å². The first-order chi connectivity index (χ1) is 12.3. The number of amides is 1.